The van der Waals surface area contributed by atoms with Crippen molar-refractivity contribution in [2.24, 2.45) is 0 Å². The summed E-state index contributed by atoms with van der Waals surface area (Å²) in [7, 11) is 0. The summed E-state index contributed by atoms with van der Waals surface area (Å²) < 4.78 is 0. The van der Waals surface area contributed by atoms with Gasteiger partial charge in [0, 0.05) is 5.56 Å². The normalized spacial score (nSPS) is 10.3. The van der Waals surface area contributed by atoms with E-state index in [0.717, 1.165) is 18.4 Å². The Hall–Kier alpha value is -1.89. The van der Waals surface area contributed by atoms with Gasteiger partial charge in [-0.2, -0.15) is 0 Å². The minimum Gasteiger partial charge on any atom is -0.295 e. The first kappa shape index (κ1) is 12.6. The minimum absolute atomic E-state index is 0.149. The summed E-state index contributed by atoms with van der Waals surface area (Å²) >= 11 is 0. The number of Topliss-reactive ketones (excluding diaryl/α,β-unsaturated/α-hetero) is 1. The van der Waals surface area contributed by atoms with Crippen molar-refractivity contribution in [3.63, 3.8) is 0 Å². The van der Waals surface area contributed by atoms with Gasteiger partial charge in [-0.25, -0.2) is 0 Å². The molecule has 0 saturated carbocycles. The van der Waals surface area contributed by atoms with E-state index in [4.69, 9.17) is 0 Å². The van der Waals surface area contributed by atoms with Crippen molar-refractivity contribution in [3.8, 4) is 11.1 Å². The maximum Gasteiger partial charge on any atom is 0.160 e. The van der Waals surface area contributed by atoms with E-state index in [9.17, 15) is 4.79 Å². The average molecular weight is 238 g/mol. The first-order valence-electron chi connectivity index (χ1n) is 6.42. The lowest BCUT2D eigenvalue weighted by molar-refractivity contribution is 0.101. The van der Waals surface area contributed by atoms with Crippen molar-refractivity contribution in [1.29, 1.82) is 0 Å². The van der Waals surface area contributed by atoms with Crippen molar-refractivity contribution in [3.05, 3.63) is 59.7 Å². The molecule has 0 heterocycles. The number of hydrogen-bond acceptors (Lipinski definition) is 1. The Labute approximate surface area is 108 Å². The fourth-order valence-corrected chi connectivity index (χ4v) is 2.32. The summed E-state index contributed by atoms with van der Waals surface area (Å²) in [5.41, 5.74) is 4.41. The molecule has 92 valence electrons. The zero-order valence-electron chi connectivity index (χ0n) is 10.9. The van der Waals surface area contributed by atoms with Gasteiger partial charge in [0.2, 0.25) is 0 Å². The van der Waals surface area contributed by atoms with E-state index in [1.54, 1.807) is 6.92 Å². The van der Waals surface area contributed by atoms with Gasteiger partial charge in [-0.3, -0.25) is 4.79 Å². The molecule has 1 nitrogen and oxygen atoms in total. The van der Waals surface area contributed by atoms with Crippen LogP contribution < -0.4 is 0 Å². The molecule has 0 atom stereocenters. The monoisotopic (exact) mass is 238 g/mol. The van der Waals surface area contributed by atoms with Crippen LogP contribution in [-0.2, 0) is 6.42 Å². The Kier molecular flexibility index (Phi) is 3.93. The lowest BCUT2D eigenvalue weighted by atomic mass is 9.91. The van der Waals surface area contributed by atoms with Crippen LogP contribution >= 0.6 is 0 Å². The fraction of sp³-hybridized carbons (Fsp3) is 0.235. The fourth-order valence-electron chi connectivity index (χ4n) is 2.32. The highest BCUT2D eigenvalue weighted by Crippen LogP contribution is 2.27. The van der Waals surface area contributed by atoms with Crippen molar-refractivity contribution in [2.75, 3.05) is 0 Å². The van der Waals surface area contributed by atoms with E-state index in [2.05, 4.69) is 25.1 Å². The van der Waals surface area contributed by atoms with E-state index in [-0.39, 0.29) is 5.78 Å². The molecule has 2 aromatic carbocycles. The molecule has 1 heteroatoms. The maximum absolute atomic E-state index is 11.7. The second-order valence-corrected chi connectivity index (χ2v) is 4.50. The summed E-state index contributed by atoms with van der Waals surface area (Å²) in [5.74, 6) is 0.149. The summed E-state index contributed by atoms with van der Waals surface area (Å²) in [4.78, 5) is 11.7. The predicted molar refractivity (Wildman–Crippen MR) is 75.9 cm³/mol. The van der Waals surface area contributed by atoms with Gasteiger partial charge in [-0.05, 0) is 30.0 Å². The van der Waals surface area contributed by atoms with E-state index >= 15 is 0 Å². The molecule has 0 aliphatic rings. The van der Waals surface area contributed by atoms with Crippen LogP contribution in [0.2, 0.25) is 0 Å². The minimum atomic E-state index is 0.149. The van der Waals surface area contributed by atoms with Crippen LogP contribution in [0.25, 0.3) is 11.1 Å². The van der Waals surface area contributed by atoms with Crippen molar-refractivity contribution in [1.82, 2.24) is 0 Å². The third-order valence-electron chi connectivity index (χ3n) is 3.14. The predicted octanol–water partition coefficient (Wildman–Crippen LogP) is 4.51. The molecule has 0 aromatic heterocycles. The van der Waals surface area contributed by atoms with Crippen LogP contribution in [0, 0.1) is 0 Å². The van der Waals surface area contributed by atoms with Gasteiger partial charge in [0.15, 0.2) is 5.78 Å². The van der Waals surface area contributed by atoms with Crippen molar-refractivity contribution in [2.45, 2.75) is 26.7 Å². The second kappa shape index (κ2) is 5.63. The van der Waals surface area contributed by atoms with Gasteiger partial charge >= 0.3 is 0 Å². The van der Waals surface area contributed by atoms with Gasteiger partial charge in [0.25, 0.3) is 0 Å². The molecule has 2 rings (SSSR count). The summed E-state index contributed by atoms with van der Waals surface area (Å²) in [5, 5.41) is 0. The van der Waals surface area contributed by atoms with Gasteiger partial charge in [-0.1, -0.05) is 61.9 Å². The third kappa shape index (κ3) is 2.51. The third-order valence-corrected chi connectivity index (χ3v) is 3.14. The zero-order valence-corrected chi connectivity index (χ0v) is 10.9. The molecule has 0 unspecified atom stereocenters. The zero-order chi connectivity index (χ0) is 13.0. The van der Waals surface area contributed by atoms with Crippen LogP contribution in [0.3, 0.4) is 0 Å². The first-order chi connectivity index (χ1) is 8.74. The van der Waals surface area contributed by atoms with Crippen molar-refractivity contribution < 1.29 is 4.79 Å². The van der Waals surface area contributed by atoms with Crippen LogP contribution in [-0.4, -0.2) is 5.78 Å². The summed E-state index contributed by atoms with van der Waals surface area (Å²) in [6.07, 6.45) is 1.99. The van der Waals surface area contributed by atoms with Crippen LogP contribution in [0.15, 0.2) is 48.5 Å². The first-order valence-corrected chi connectivity index (χ1v) is 6.42. The molecule has 0 amide bonds. The Morgan fingerprint density at radius 3 is 2.33 bits per heavy atom. The van der Waals surface area contributed by atoms with Gasteiger partial charge in [0.1, 0.15) is 0 Å². The average Bonchev–Trinajstić information content (AvgIpc) is 2.40. The molecule has 0 aliphatic carbocycles. The van der Waals surface area contributed by atoms with E-state index in [0.29, 0.717) is 0 Å². The summed E-state index contributed by atoms with van der Waals surface area (Å²) in [6.45, 7) is 3.79. The molecule has 0 N–H and O–H groups in total. The van der Waals surface area contributed by atoms with Crippen LogP contribution in [0.4, 0.5) is 0 Å². The number of ketones is 1. The van der Waals surface area contributed by atoms with Gasteiger partial charge in [0.05, 0.1) is 0 Å². The molecule has 0 aliphatic heterocycles. The standard InChI is InChI=1S/C17H18O/c1-3-8-17-15(13(2)18)11-7-12-16(17)14-9-5-4-6-10-14/h4-7,9-12H,3,8H2,1-2H3. The van der Waals surface area contributed by atoms with E-state index in [1.807, 2.05) is 30.3 Å². The Balaban J connectivity index is 2.60. The molecule has 0 saturated heterocycles. The molecular weight excluding hydrogens is 220 g/mol. The Morgan fingerprint density at radius 2 is 1.72 bits per heavy atom. The lowest BCUT2D eigenvalue weighted by Crippen LogP contribution is -2.01. The van der Waals surface area contributed by atoms with Crippen molar-refractivity contribution >= 4 is 5.78 Å². The number of rotatable bonds is 4. The van der Waals surface area contributed by atoms with Crippen LogP contribution in [0.5, 0.6) is 0 Å². The maximum atomic E-state index is 11.7. The van der Waals surface area contributed by atoms with E-state index in [1.165, 1.54) is 16.7 Å². The van der Waals surface area contributed by atoms with E-state index < -0.39 is 0 Å². The molecule has 18 heavy (non-hydrogen) atoms. The largest absolute Gasteiger partial charge is 0.295 e. The molecule has 2 aromatic rings. The molecule has 0 bridgehead atoms. The number of carbonyl (C=O) groups excluding carboxylic acids is 1. The topological polar surface area (TPSA) is 17.1 Å². The summed E-state index contributed by atoms with van der Waals surface area (Å²) in [6, 6.07) is 16.3. The Bertz CT molecular complexity index is 541. The quantitative estimate of drug-likeness (QED) is 0.716. The number of benzene rings is 2. The van der Waals surface area contributed by atoms with Crippen LogP contribution in [0.1, 0.15) is 36.2 Å². The second-order valence-electron chi connectivity index (χ2n) is 4.50. The highest BCUT2D eigenvalue weighted by atomic mass is 16.1. The smallest absolute Gasteiger partial charge is 0.160 e. The van der Waals surface area contributed by atoms with Gasteiger partial charge < -0.3 is 0 Å². The molecule has 0 fully saturated rings. The highest BCUT2D eigenvalue weighted by Gasteiger charge is 2.11. The molecule has 0 radical (unpaired) electrons. The Morgan fingerprint density at radius 1 is 1.00 bits per heavy atom. The number of hydrogen-bond donors (Lipinski definition) is 0. The highest BCUT2D eigenvalue weighted by molar-refractivity contribution is 5.97. The van der Waals surface area contributed by atoms with Gasteiger partial charge in [-0.15, -0.1) is 0 Å². The molecular formula is C17H18O. The number of carbonyl (C=O) groups is 1. The lowest BCUT2D eigenvalue weighted by Gasteiger charge is -2.13. The SMILES string of the molecule is CCCc1c(C(C)=O)cccc1-c1ccccc1. The molecule has 0 spiro atoms.